The van der Waals surface area contributed by atoms with Crippen molar-refractivity contribution >= 4 is 11.9 Å². The van der Waals surface area contributed by atoms with Gasteiger partial charge in [-0.25, -0.2) is 0 Å². The second-order valence-corrected chi connectivity index (χ2v) is 3.96. The summed E-state index contributed by atoms with van der Waals surface area (Å²) in [5, 5.41) is 11.3. The van der Waals surface area contributed by atoms with Crippen molar-refractivity contribution in [3.8, 4) is 0 Å². The van der Waals surface area contributed by atoms with Gasteiger partial charge in [-0.15, -0.1) is 0 Å². The van der Waals surface area contributed by atoms with Gasteiger partial charge in [0.1, 0.15) is 0 Å². The number of nitrogens with one attached hydrogen (secondary N) is 1. The minimum atomic E-state index is -0.893. The van der Waals surface area contributed by atoms with Crippen LogP contribution >= 0.6 is 0 Å². The van der Waals surface area contributed by atoms with Crippen molar-refractivity contribution in [2.45, 2.75) is 33.2 Å². The zero-order valence-corrected chi connectivity index (χ0v) is 9.49. The molecule has 4 N–H and O–H groups in total. The standard InChI is InChI=1S/C10H20N2O3/c1-4-7(10(14)15)5-12-9(13)8(11)6(2)3/h6-8H,4-5,11H2,1-3H3,(H,12,13)(H,14,15). The molecule has 0 fully saturated rings. The van der Waals surface area contributed by atoms with Crippen molar-refractivity contribution in [2.24, 2.45) is 17.6 Å². The zero-order chi connectivity index (χ0) is 12.0. The Bertz CT molecular complexity index is 229. The highest BCUT2D eigenvalue weighted by Gasteiger charge is 2.20. The average molecular weight is 216 g/mol. The van der Waals surface area contributed by atoms with Gasteiger partial charge in [-0.1, -0.05) is 20.8 Å². The average Bonchev–Trinajstić information content (AvgIpc) is 2.16. The second-order valence-electron chi connectivity index (χ2n) is 3.96. The zero-order valence-electron chi connectivity index (χ0n) is 9.49. The Morgan fingerprint density at radius 2 is 1.93 bits per heavy atom. The molecule has 2 unspecified atom stereocenters. The van der Waals surface area contributed by atoms with Gasteiger partial charge in [0.25, 0.3) is 0 Å². The number of hydrogen-bond donors (Lipinski definition) is 3. The molecule has 15 heavy (non-hydrogen) atoms. The fraction of sp³-hybridized carbons (Fsp3) is 0.800. The molecule has 0 aromatic rings. The number of carboxylic acids is 1. The van der Waals surface area contributed by atoms with E-state index in [9.17, 15) is 9.59 Å². The maximum absolute atomic E-state index is 11.4. The van der Waals surface area contributed by atoms with Gasteiger partial charge in [-0.2, -0.15) is 0 Å². The van der Waals surface area contributed by atoms with Gasteiger partial charge in [0.15, 0.2) is 0 Å². The lowest BCUT2D eigenvalue weighted by atomic mass is 10.0. The molecule has 1 amide bonds. The van der Waals surface area contributed by atoms with Crippen LogP contribution in [0, 0.1) is 11.8 Å². The molecule has 0 spiro atoms. The van der Waals surface area contributed by atoms with Crippen LogP contribution in [0.3, 0.4) is 0 Å². The van der Waals surface area contributed by atoms with E-state index in [2.05, 4.69) is 5.32 Å². The molecule has 0 bridgehead atoms. The predicted molar refractivity (Wildman–Crippen MR) is 57.2 cm³/mol. The van der Waals surface area contributed by atoms with Crippen LogP contribution in [0.15, 0.2) is 0 Å². The molecule has 5 nitrogen and oxygen atoms in total. The molecule has 5 heteroatoms. The third-order valence-electron chi connectivity index (χ3n) is 2.39. The van der Waals surface area contributed by atoms with Crippen LogP contribution in [0.5, 0.6) is 0 Å². The number of nitrogens with two attached hydrogens (primary N) is 1. The summed E-state index contributed by atoms with van der Waals surface area (Å²) in [5.41, 5.74) is 5.60. The van der Waals surface area contributed by atoms with Crippen molar-refractivity contribution in [3.05, 3.63) is 0 Å². The molecule has 2 atom stereocenters. The Kier molecular flexibility index (Phi) is 5.93. The number of carboxylic acid groups (broad SMARTS) is 1. The van der Waals surface area contributed by atoms with E-state index in [1.165, 1.54) is 0 Å². The normalized spacial score (nSPS) is 14.7. The fourth-order valence-electron chi connectivity index (χ4n) is 1.05. The van der Waals surface area contributed by atoms with E-state index < -0.39 is 17.9 Å². The monoisotopic (exact) mass is 216 g/mol. The predicted octanol–water partition coefficient (Wildman–Crippen LogP) is 0.197. The molecule has 88 valence electrons. The number of amides is 1. The summed E-state index contributed by atoms with van der Waals surface area (Å²) in [6.45, 7) is 5.61. The third-order valence-corrected chi connectivity index (χ3v) is 2.39. The van der Waals surface area contributed by atoms with E-state index in [1.807, 2.05) is 13.8 Å². The number of carbonyl (C=O) groups excluding carboxylic acids is 1. The van der Waals surface area contributed by atoms with Crippen molar-refractivity contribution < 1.29 is 14.7 Å². The van der Waals surface area contributed by atoms with E-state index in [0.717, 1.165) is 0 Å². The Labute approximate surface area is 90.0 Å². The highest BCUT2D eigenvalue weighted by molar-refractivity contribution is 5.82. The van der Waals surface area contributed by atoms with Crippen LogP contribution in [0.2, 0.25) is 0 Å². The highest BCUT2D eigenvalue weighted by atomic mass is 16.4. The molecule has 0 aromatic heterocycles. The summed E-state index contributed by atoms with van der Waals surface area (Å²) in [6.07, 6.45) is 0.493. The summed E-state index contributed by atoms with van der Waals surface area (Å²) >= 11 is 0. The lowest BCUT2D eigenvalue weighted by Crippen LogP contribution is -2.46. The number of aliphatic carboxylic acids is 1. The lowest BCUT2D eigenvalue weighted by Gasteiger charge is -2.17. The lowest BCUT2D eigenvalue weighted by molar-refractivity contribution is -0.141. The smallest absolute Gasteiger partial charge is 0.308 e. The maximum Gasteiger partial charge on any atom is 0.308 e. The first-order chi connectivity index (χ1) is 6.90. The fourth-order valence-corrected chi connectivity index (χ4v) is 1.05. The summed E-state index contributed by atoms with van der Waals surface area (Å²) in [5.74, 6) is -1.66. The molecule has 0 radical (unpaired) electrons. The van der Waals surface area contributed by atoms with Crippen molar-refractivity contribution in [2.75, 3.05) is 6.54 Å². The van der Waals surface area contributed by atoms with Gasteiger partial charge >= 0.3 is 5.97 Å². The van der Waals surface area contributed by atoms with E-state index in [-0.39, 0.29) is 18.4 Å². The van der Waals surface area contributed by atoms with Gasteiger partial charge in [0.2, 0.25) is 5.91 Å². The molecule has 0 heterocycles. The van der Waals surface area contributed by atoms with Gasteiger partial charge in [0, 0.05) is 6.54 Å². The van der Waals surface area contributed by atoms with Crippen LogP contribution in [-0.4, -0.2) is 29.6 Å². The maximum atomic E-state index is 11.4. The van der Waals surface area contributed by atoms with Crippen LogP contribution < -0.4 is 11.1 Å². The molecule has 0 aromatic carbocycles. The number of hydrogen-bond acceptors (Lipinski definition) is 3. The molecule has 0 aliphatic heterocycles. The first-order valence-electron chi connectivity index (χ1n) is 5.16. The Morgan fingerprint density at radius 1 is 1.40 bits per heavy atom. The highest BCUT2D eigenvalue weighted by Crippen LogP contribution is 2.02. The van der Waals surface area contributed by atoms with Gasteiger partial charge in [0.05, 0.1) is 12.0 Å². The first-order valence-corrected chi connectivity index (χ1v) is 5.16. The van der Waals surface area contributed by atoms with Gasteiger partial charge in [-0.3, -0.25) is 9.59 Å². The second kappa shape index (κ2) is 6.40. The number of rotatable bonds is 6. The molecule has 0 aliphatic carbocycles. The molecule has 0 saturated heterocycles. The van der Waals surface area contributed by atoms with Crippen LogP contribution in [-0.2, 0) is 9.59 Å². The Balaban J connectivity index is 4.04. The van der Waals surface area contributed by atoms with E-state index in [1.54, 1.807) is 6.92 Å². The first kappa shape index (κ1) is 13.9. The molecule has 0 aliphatic rings. The Morgan fingerprint density at radius 3 is 2.27 bits per heavy atom. The van der Waals surface area contributed by atoms with Crippen molar-refractivity contribution in [1.29, 1.82) is 0 Å². The van der Waals surface area contributed by atoms with Crippen LogP contribution in [0.1, 0.15) is 27.2 Å². The Hall–Kier alpha value is -1.10. The molecular weight excluding hydrogens is 196 g/mol. The van der Waals surface area contributed by atoms with Crippen molar-refractivity contribution in [3.63, 3.8) is 0 Å². The third kappa shape index (κ3) is 4.78. The summed E-state index contributed by atoms with van der Waals surface area (Å²) < 4.78 is 0. The molecule has 0 rings (SSSR count). The van der Waals surface area contributed by atoms with Gasteiger partial charge < -0.3 is 16.2 Å². The van der Waals surface area contributed by atoms with E-state index in [4.69, 9.17) is 10.8 Å². The van der Waals surface area contributed by atoms with Crippen LogP contribution in [0.25, 0.3) is 0 Å². The minimum absolute atomic E-state index is 0.0508. The summed E-state index contributed by atoms with van der Waals surface area (Å²) in [6, 6.07) is -0.573. The van der Waals surface area contributed by atoms with E-state index in [0.29, 0.717) is 6.42 Å². The SMILES string of the molecule is CCC(CNC(=O)C(N)C(C)C)C(=O)O. The topological polar surface area (TPSA) is 92.4 Å². The summed E-state index contributed by atoms with van der Waals surface area (Å²) in [7, 11) is 0. The molecular formula is C10H20N2O3. The van der Waals surface area contributed by atoms with Crippen molar-refractivity contribution in [1.82, 2.24) is 5.32 Å². The minimum Gasteiger partial charge on any atom is -0.481 e. The van der Waals surface area contributed by atoms with Gasteiger partial charge in [-0.05, 0) is 12.3 Å². The van der Waals surface area contributed by atoms with E-state index >= 15 is 0 Å². The largest absolute Gasteiger partial charge is 0.481 e. The number of carbonyl (C=O) groups is 2. The quantitative estimate of drug-likeness (QED) is 0.591. The molecule has 0 saturated carbocycles. The summed E-state index contributed by atoms with van der Waals surface area (Å²) in [4.78, 5) is 22.1. The van der Waals surface area contributed by atoms with Crippen LogP contribution in [0.4, 0.5) is 0 Å².